The van der Waals surface area contributed by atoms with Gasteiger partial charge in [0.1, 0.15) is 0 Å². The van der Waals surface area contributed by atoms with Crippen LogP contribution in [0.2, 0.25) is 0 Å². The molecule has 1 saturated heterocycles. The summed E-state index contributed by atoms with van der Waals surface area (Å²) in [6, 6.07) is 0.912. The summed E-state index contributed by atoms with van der Waals surface area (Å²) >= 11 is 0. The molecule has 0 aromatic heterocycles. The van der Waals surface area contributed by atoms with E-state index in [1.807, 2.05) is 11.9 Å². The summed E-state index contributed by atoms with van der Waals surface area (Å²) in [6.45, 7) is 5.84. The van der Waals surface area contributed by atoms with Crippen LogP contribution in [0, 0.1) is 5.92 Å². The van der Waals surface area contributed by atoms with Crippen molar-refractivity contribution in [3.63, 3.8) is 0 Å². The maximum Gasteiger partial charge on any atom is 0.222 e. The Kier molecular flexibility index (Phi) is 5.26. The van der Waals surface area contributed by atoms with Gasteiger partial charge >= 0.3 is 0 Å². The minimum absolute atomic E-state index is 0.246. The quantitative estimate of drug-likeness (QED) is 0.590. The highest BCUT2D eigenvalue weighted by Gasteiger charge is 2.37. The van der Waals surface area contributed by atoms with Gasteiger partial charge in [0, 0.05) is 38.6 Å². The van der Waals surface area contributed by atoms with Gasteiger partial charge in [-0.3, -0.25) is 9.79 Å². The molecule has 1 aliphatic heterocycles. The second kappa shape index (κ2) is 6.95. The third-order valence-corrected chi connectivity index (χ3v) is 4.19. The van der Waals surface area contributed by atoms with Crippen molar-refractivity contribution in [3.05, 3.63) is 0 Å². The number of nitrogens with one attached hydrogen (secondary N) is 2. The highest BCUT2D eigenvalue weighted by Crippen LogP contribution is 2.34. The number of hydrogen-bond donors (Lipinski definition) is 2. The van der Waals surface area contributed by atoms with Gasteiger partial charge in [0.25, 0.3) is 0 Å². The van der Waals surface area contributed by atoms with Crippen molar-refractivity contribution in [2.75, 3.05) is 20.1 Å². The van der Waals surface area contributed by atoms with Crippen LogP contribution < -0.4 is 10.6 Å². The topological polar surface area (TPSA) is 56.7 Å². The Morgan fingerprint density at radius 1 is 1.40 bits per heavy atom. The molecule has 2 aliphatic rings. The van der Waals surface area contributed by atoms with Crippen LogP contribution in [-0.4, -0.2) is 49.0 Å². The molecule has 3 atom stereocenters. The van der Waals surface area contributed by atoms with Crippen LogP contribution in [0.15, 0.2) is 4.99 Å². The lowest BCUT2D eigenvalue weighted by Crippen LogP contribution is -2.52. The number of aliphatic imine (C=N–C) groups is 1. The largest absolute Gasteiger partial charge is 0.353 e. The molecule has 114 valence electrons. The lowest BCUT2D eigenvalue weighted by atomic mass is 10.1. The minimum atomic E-state index is 0.246. The van der Waals surface area contributed by atoms with E-state index in [0.717, 1.165) is 31.4 Å². The van der Waals surface area contributed by atoms with Gasteiger partial charge < -0.3 is 15.5 Å². The van der Waals surface area contributed by atoms with Crippen LogP contribution >= 0.6 is 0 Å². The van der Waals surface area contributed by atoms with Gasteiger partial charge in [-0.1, -0.05) is 13.3 Å². The molecule has 1 aliphatic carbocycles. The summed E-state index contributed by atoms with van der Waals surface area (Å²) in [4.78, 5) is 17.8. The van der Waals surface area contributed by atoms with Crippen molar-refractivity contribution in [3.8, 4) is 0 Å². The molecule has 5 nitrogen and oxygen atoms in total. The Hall–Kier alpha value is -1.26. The third kappa shape index (κ3) is 4.12. The normalized spacial score (nSPS) is 30.4. The second-order valence-corrected chi connectivity index (χ2v) is 6.01. The molecule has 0 spiro atoms. The Bertz CT molecular complexity index is 369. The Labute approximate surface area is 122 Å². The van der Waals surface area contributed by atoms with E-state index in [1.165, 1.54) is 19.3 Å². The van der Waals surface area contributed by atoms with E-state index < -0.39 is 0 Å². The van der Waals surface area contributed by atoms with Gasteiger partial charge in [-0.15, -0.1) is 0 Å². The highest BCUT2D eigenvalue weighted by molar-refractivity contribution is 5.81. The number of piperidine rings is 1. The SMILES string of the molecule is CCCC1CC1NC(=NCC)NC1CCC(=O)N(C)C1. The summed E-state index contributed by atoms with van der Waals surface area (Å²) in [5.74, 6) is 1.98. The lowest BCUT2D eigenvalue weighted by molar-refractivity contribution is -0.132. The van der Waals surface area contributed by atoms with Crippen molar-refractivity contribution >= 4 is 11.9 Å². The van der Waals surface area contributed by atoms with Crippen LogP contribution in [0.5, 0.6) is 0 Å². The van der Waals surface area contributed by atoms with Gasteiger partial charge in [-0.25, -0.2) is 0 Å². The van der Waals surface area contributed by atoms with Gasteiger partial charge in [0.05, 0.1) is 0 Å². The standard InChI is InChI=1S/C15H28N4O/c1-4-6-11-9-13(11)18-15(16-5-2)17-12-7-8-14(20)19(3)10-12/h11-13H,4-10H2,1-3H3,(H2,16,17,18). The predicted molar refractivity (Wildman–Crippen MR) is 81.7 cm³/mol. The summed E-state index contributed by atoms with van der Waals surface area (Å²) in [6.07, 6.45) is 5.36. The maximum atomic E-state index is 11.5. The molecular weight excluding hydrogens is 252 g/mol. The van der Waals surface area contributed by atoms with Gasteiger partial charge in [-0.05, 0) is 32.1 Å². The van der Waals surface area contributed by atoms with Crippen LogP contribution in [0.3, 0.4) is 0 Å². The first-order valence-electron chi connectivity index (χ1n) is 7.95. The van der Waals surface area contributed by atoms with Crippen LogP contribution in [0.25, 0.3) is 0 Å². The number of carbonyl (C=O) groups is 1. The first-order valence-corrected chi connectivity index (χ1v) is 7.95. The van der Waals surface area contributed by atoms with E-state index in [1.54, 1.807) is 0 Å². The number of likely N-dealkylation sites (tertiary alicyclic amines) is 1. The van der Waals surface area contributed by atoms with Crippen molar-refractivity contribution in [2.45, 2.75) is 58.0 Å². The summed E-state index contributed by atoms with van der Waals surface area (Å²) < 4.78 is 0. The number of amides is 1. The van der Waals surface area contributed by atoms with Crippen molar-refractivity contribution < 1.29 is 4.79 Å². The molecule has 2 N–H and O–H groups in total. The van der Waals surface area contributed by atoms with Crippen LogP contribution in [0.4, 0.5) is 0 Å². The van der Waals surface area contributed by atoms with Gasteiger partial charge in [0.15, 0.2) is 5.96 Å². The van der Waals surface area contributed by atoms with E-state index in [2.05, 4.69) is 29.5 Å². The highest BCUT2D eigenvalue weighted by atomic mass is 16.2. The number of rotatable bonds is 5. The molecule has 5 heteroatoms. The first kappa shape index (κ1) is 15.1. The summed E-state index contributed by atoms with van der Waals surface area (Å²) in [7, 11) is 1.87. The van der Waals surface area contributed by atoms with Crippen molar-refractivity contribution in [2.24, 2.45) is 10.9 Å². The molecule has 20 heavy (non-hydrogen) atoms. The Morgan fingerprint density at radius 2 is 2.20 bits per heavy atom. The van der Waals surface area contributed by atoms with Gasteiger partial charge in [0.2, 0.25) is 5.91 Å². The van der Waals surface area contributed by atoms with Crippen LogP contribution in [-0.2, 0) is 4.79 Å². The number of nitrogens with zero attached hydrogens (tertiary/aromatic N) is 2. The number of guanidine groups is 1. The molecule has 0 aromatic rings. The van der Waals surface area contributed by atoms with E-state index >= 15 is 0 Å². The molecule has 3 unspecified atom stereocenters. The average molecular weight is 280 g/mol. The fourth-order valence-corrected chi connectivity index (χ4v) is 2.90. The number of carbonyl (C=O) groups excluding carboxylic acids is 1. The second-order valence-electron chi connectivity index (χ2n) is 6.01. The Balaban J connectivity index is 1.81. The summed E-state index contributed by atoms with van der Waals surface area (Å²) in [5, 5.41) is 7.02. The molecule has 1 heterocycles. The lowest BCUT2D eigenvalue weighted by Gasteiger charge is -2.31. The smallest absolute Gasteiger partial charge is 0.222 e. The fourth-order valence-electron chi connectivity index (χ4n) is 2.90. The number of likely N-dealkylation sites (N-methyl/N-ethyl adjacent to an activating group) is 1. The van der Waals surface area contributed by atoms with E-state index in [0.29, 0.717) is 18.5 Å². The molecule has 1 saturated carbocycles. The number of hydrogen-bond acceptors (Lipinski definition) is 2. The van der Waals surface area contributed by atoms with Crippen molar-refractivity contribution in [1.29, 1.82) is 0 Å². The van der Waals surface area contributed by atoms with Gasteiger partial charge in [-0.2, -0.15) is 0 Å². The predicted octanol–water partition coefficient (Wildman–Crippen LogP) is 1.35. The molecular formula is C15H28N4O. The molecule has 2 rings (SSSR count). The monoisotopic (exact) mass is 280 g/mol. The first-order chi connectivity index (χ1) is 9.63. The zero-order chi connectivity index (χ0) is 14.5. The van der Waals surface area contributed by atoms with E-state index in [9.17, 15) is 4.79 Å². The molecule has 0 radical (unpaired) electrons. The molecule has 1 amide bonds. The molecule has 2 fully saturated rings. The average Bonchev–Trinajstić information content (AvgIpc) is 3.13. The zero-order valence-corrected chi connectivity index (χ0v) is 13.0. The molecule has 0 bridgehead atoms. The Morgan fingerprint density at radius 3 is 2.85 bits per heavy atom. The van der Waals surface area contributed by atoms with E-state index in [4.69, 9.17) is 0 Å². The minimum Gasteiger partial charge on any atom is -0.353 e. The van der Waals surface area contributed by atoms with Crippen molar-refractivity contribution in [1.82, 2.24) is 15.5 Å². The van der Waals surface area contributed by atoms with Crippen LogP contribution in [0.1, 0.15) is 46.0 Å². The third-order valence-electron chi connectivity index (χ3n) is 4.19. The molecule has 0 aromatic carbocycles. The maximum absolute atomic E-state index is 11.5. The van der Waals surface area contributed by atoms with E-state index in [-0.39, 0.29) is 5.91 Å². The zero-order valence-electron chi connectivity index (χ0n) is 13.0. The fraction of sp³-hybridized carbons (Fsp3) is 0.867. The summed E-state index contributed by atoms with van der Waals surface area (Å²) in [5.41, 5.74) is 0.